The predicted molar refractivity (Wildman–Crippen MR) is 67.6 cm³/mol. The molecule has 1 heterocycles. The molecule has 0 aliphatic carbocycles. The van der Waals surface area contributed by atoms with Crippen molar-refractivity contribution in [2.24, 2.45) is 0 Å². The first-order chi connectivity index (χ1) is 7.55. The summed E-state index contributed by atoms with van der Waals surface area (Å²) in [6, 6.07) is 10.6. The molecule has 16 heavy (non-hydrogen) atoms. The van der Waals surface area contributed by atoms with E-state index in [-0.39, 0.29) is 5.54 Å². The molecule has 0 bridgehead atoms. The van der Waals surface area contributed by atoms with Crippen LogP contribution in [0.3, 0.4) is 0 Å². The smallest absolute Gasteiger partial charge is 0.0902 e. The van der Waals surface area contributed by atoms with Crippen molar-refractivity contribution in [1.29, 1.82) is 0 Å². The highest BCUT2D eigenvalue weighted by Gasteiger charge is 2.22. The zero-order valence-corrected chi connectivity index (χ0v) is 10.4. The van der Waals surface area contributed by atoms with Crippen molar-refractivity contribution in [3.8, 4) is 0 Å². The summed E-state index contributed by atoms with van der Waals surface area (Å²) in [5.41, 5.74) is 1.57. The summed E-state index contributed by atoms with van der Waals surface area (Å²) in [5.74, 6) is 0. The maximum atomic E-state index is 2.36. The minimum Gasteiger partial charge on any atom is -0.354 e. The summed E-state index contributed by atoms with van der Waals surface area (Å²) >= 11 is 0. The molecule has 2 rings (SSSR count). The molecule has 0 N–H and O–H groups in total. The summed E-state index contributed by atoms with van der Waals surface area (Å²) in [6.45, 7) is 8.69. The zero-order chi connectivity index (χ0) is 11.6. The lowest BCUT2D eigenvalue weighted by Crippen LogP contribution is -2.39. The molecule has 0 aromatic heterocycles. The lowest BCUT2D eigenvalue weighted by molar-refractivity contribution is 0.159. The van der Waals surface area contributed by atoms with Gasteiger partial charge in [-0.15, -0.1) is 0 Å². The normalized spacial score (nSPS) is 15.9. The Hall–Kier alpha value is -1.44. The van der Waals surface area contributed by atoms with Gasteiger partial charge in [0.15, 0.2) is 0 Å². The highest BCUT2D eigenvalue weighted by atomic mass is 15.4. The Morgan fingerprint density at radius 3 is 2.31 bits per heavy atom. The van der Waals surface area contributed by atoms with Gasteiger partial charge in [0.1, 0.15) is 0 Å². The monoisotopic (exact) mass is 216 g/mol. The fraction of sp³-hybridized carbons (Fsp3) is 0.429. The van der Waals surface area contributed by atoms with Crippen molar-refractivity contribution in [2.45, 2.75) is 32.9 Å². The highest BCUT2D eigenvalue weighted by Crippen LogP contribution is 2.20. The molecule has 0 radical (unpaired) electrons. The Bertz CT molecular complexity index is 362. The fourth-order valence-electron chi connectivity index (χ4n) is 1.82. The third-order valence-electron chi connectivity index (χ3n) is 2.88. The average molecular weight is 216 g/mol. The summed E-state index contributed by atoms with van der Waals surface area (Å²) in [5, 5.41) is 0. The van der Waals surface area contributed by atoms with E-state index in [0.717, 1.165) is 13.2 Å². The quantitative estimate of drug-likeness (QED) is 0.749. The Morgan fingerprint density at radius 2 is 1.75 bits per heavy atom. The van der Waals surface area contributed by atoms with Crippen molar-refractivity contribution in [1.82, 2.24) is 9.80 Å². The Balaban J connectivity index is 1.94. The highest BCUT2D eigenvalue weighted by molar-refractivity contribution is 5.15. The number of hydrogen-bond donors (Lipinski definition) is 0. The van der Waals surface area contributed by atoms with Gasteiger partial charge in [0.25, 0.3) is 0 Å². The van der Waals surface area contributed by atoms with E-state index in [1.54, 1.807) is 0 Å². The van der Waals surface area contributed by atoms with Crippen molar-refractivity contribution in [3.05, 3.63) is 48.3 Å². The Kier molecular flexibility index (Phi) is 2.90. The van der Waals surface area contributed by atoms with Crippen LogP contribution in [0.4, 0.5) is 0 Å². The van der Waals surface area contributed by atoms with Gasteiger partial charge in [-0.05, 0) is 26.3 Å². The molecule has 0 amide bonds. The lowest BCUT2D eigenvalue weighted by Gasteiger charge is -2.33. The molecule has 1 aromatic rings. The van der Waals surface area contributed by atoms with Crippen molar-refractivity contribution in [2.75, 3.05) is 6.67 Å². The van der Waals surface area contributed by atoms with Crippen LogP contribution in [0.2, 0.25) is 0 Å². The minimum absolute atomic E-state index is 0.210. The van der Waals surface area contributed by atoms with Crippen LogP contribution in [0.25, 0.3) is 0 Å². The molecule has 0 atom stereocenters. The largest absolute Gasteiger partial charge is 0.354 e. The predicted octanol–water partition coefficient (Wildman–Crippen LogP) is 3.03. The molecule has 0 fully saturated rings. The van der Waals surface area contributed by atoms with Crippen LogP contribution in [-0.4, -0.2) is 22.0 Å². The van der Waals surface area contributed by atoms with Crippen molar-refractivity contribution in [3.63, 3.8) is 0 Å². The summed E-state index contributed by atoms with van der Waals surface area (Å²) in [4.78, 5) is 4.69. The molecule has 2 heteroatoms. The summed E-state index contributed by atoms with van der Waals surface area (Å²) in [6.07, 6.45) is 4.36. The van der Waals surface area contributed by atoms with E-state index in [4.69, 9.17) is 0 Å². The number of hydrogen-bond acceptors (Lipinski definition) is 2. The van der Waals surface area contributed by atoms with Gasteiger partial charge in [-0.2, -0.15) is 0 Å². The maximum absolute atomic E-state index is 2.36. The maximum Gasteiger partial charge on any atom is 0.0902 e. The SMILES string of the molecule is CC(C)(C)N1C=CN(Cc2ccccc2)C1. The second-order valence-electron chi connectivity index (χ2n) is 5.31. The summed E-state index contributed by atoms with van der Waals surface area (Å²) in [7, 11) is 0. The summed E-state index contributed by atoms with van der Waals surface area (Å²) < 4.78 is 0. The molecule has 1 aromatic carbocycles. The Labute approximate surface area is 98.2 Å². The van der Waals surface area contributed by atoms with Gasteiger partial charge < -0.3 is 9.80 Å². The van der Waals surface area contributed by atoms with Crippen LogP contribution in [0, 0.1) is 0 Å². The molecule has 1 aliphatic heterocycles. The lowest BCUT2D eigenvalue weighted by atomic mass is 10.1. The van der Waals surface area contributed by atoms with Crippen LogP contribution in [0.5, 0.6) is 0 Å². The van der Waals surface area contributed by atoms with Crippen LogP contribution < -0.4 is 0 Å². The molecule has 0 saturated heterocycles. The molecule has 0 unspecified atom stereocenters. The molecule has 1 aliphatic rings. The fourth-order valence-corrected chi connectivity index (χ4v) is 1.82. The van der Waals surface area contributed by atoms with Gasteiger partial charge in [-0.3, -0.25) is 0 Å². The van der Waals surface area contributed by atoms with Gasteiger partial charge in [0.05, 0.1) is 6.67 Å². The first-order valence-electron chi connectivity index (χ1n) is 5.79. The van der Waals surface area contributed by atoms with E-state index in [1.165, 1.54) is 5.56 Å². The molecular weight excluding hydrogens is 196 g/mol. The zero-order valence-electron chi connectivity index (χ0n) is 10.4. The second-order valence-corrected chi connectivity index (χ2v) is 5.31. The average Bonchev–Trinajstić information content (AvgIpc) is 2.67. The third-order valence-corrected chi connectivity index (χ3v) is 2.88. The van der Waals surface area contributed by atoms with E-state index in [9.17, 15) is 0 Å². The van der Waals surface area contributed by atoms with E-state index in [2.05, 4.69) is 73.3 Å². The van der Waals surface area contributed by atoms with Gasteiger partial charge in [-0.1, -0.05) is 30.3 Å². The third kappa shape index (κ3) is 2.57. The van der Waals surface area contributed by atoms with Crippen LogP contribution in [0.1, 0.15) is 26.3 Å². The van der Waals surface area contributed by atoms with Gasteiger partial charge in [0, 0.05) is 24.5 Å². The van der Waals surface area contributed by atoms with Gasteiger partial charge >= 0.3 is 0 Å². The van der Waals surface area contributed by atoms with Gasteiger partial charge in [0.2, 0.25) is 0 Å². The van der Waals surface area contributed by atoms with E-state index in [0.29, 0.717) is 0 Å². The molecule has 0 saturated carbocycles. The number of rotatable bonds is 2. The first kappa shape index (κ1) is 11.1. The van der Waals surface area contributed by atoms with E-state index < -0.39 is 0 Å². The molecule has 0 spiro atoms. The molecule has 2 nitrogen and oxygen atoms in total. The first-order valence-corrected chi connectivity index (χ1v) is 5.79. The van der Waals surface area contributed by atoms with Crippen LogP contribution in [-0.2, 0) is 6.54 Å². The van der Waals surface area contributed by atoms with Crippen molar-refractivity contribution < 1.29 is 0 Å². The topological polar surface area (TPSA) is 6.48 Å². The Morgan fingerprint density at radius 1 is 1.06 bits per heavy atom. The van der Waals surface area contributed by atoms with E-state index >= 15 is 0 Å². The van der Waals surface area contributed by atoms with E-state index in [1.807, 2.05) is 0 Å². The second kappa shape index (κ2) is 4.20. The minimum atomic E-state index is 0.210. The number of nitrogens with zero attached hydrogens (tertiary/aromatic N) is 2. The molecule has 86 valence electrons. The standard InChI is InChI=1S/C14H20N2/c1-14(2,3)16-10-9-15(12-16)11-13-7-5-4-6-8-13/h4-10H,11-12H2,1-3H3. The van der Waals surface area contributed by atoms with Crippen LogP contribution in [0.15, 0.2) is 42.7 Å². The number of benzene rings is 1. The van der Waals surface area contributed by atoms with Crippen LogP contribution >= 0.6 is 0 Å². The molecular formula is C14H20N2. The van der Waals surface area contributed by atoms with Gasteiger partial charge in [-0.25, -0.2) is 0 Å². The van der Waals surface area contributed by atoms with Crippen molar-refractivity contribution >= 4 is 0 Å².